The Bertz CT molecular complexity index is 988. The molecule has 33 heavy (non-hydrogen) atoms. The normalized spacial score (nSPS) is 18.5. The second-order valence-corrected chi connectivity index (χ2v) is 11.1. The van der Waals surface area contributed by atoms with Gasteiger partial charge in [-0.3, -0.25) is 4.31 Å². The van der Waals surface area contributed by atoms with Crippen LogP contribution in [0, 0.1) is 18.8 Å². The largest absolute Gasteiger partial charge is 0.375 e. The monoisotopic (exact) mass is 472 g/mol. The number of aryl methyl sites for hydroxylation is 1. The quantitative estimate of drug-likeness (QED) is 0.503. The molecular formula is C27H40N2O3S. The van der Waals surface area contributed by atoms with Gasteiger partial charge >= 0.3 is 0 Å². The van der Waals surface area contributed by atoms with Gasteiger partial charge in [0.05, 0.1) is 25.2 Å². The van der Waals surface area contributed by atoms with Crippen molar-refractivity contribution in [1.29, 1.82) is 0 Å². The second kappa shape index (κ2) is 12.9. The van der Waals surface area contributed by atoms with Crippen LogP contribution in [0.3, 0.4) is 0 Å². The summed E-state index contributed by atoms with van der Waals surface area (Å²) in [5.74, 6) is 1.38. The molecule has 1 aliphatic rings. The van der Waals surface area contributed by atoms with E-state index in [9.17, 15) is 8.42 Å². The van der Waals surface area contributed by atoms with Crippen LogP contribution in [-0.4, -0.2) is 33.9 Å². The molecule has 2 unspecified atom stereocenters. The molecule has 5 nitrogen and oxygen atoms in total. The zero-order valence-electron chi connectivity index (χ0n) is 20.7. The number of ether oxygens (including phenoxy) is 1. The minimum Gasteiger partial charge on any atom is -0.375 e. The Kier molecular flexibility index (Phi) is 10.6. The summed E-state index contributed by atoms with van der Waals surface area (Å²) in [5, 5.41) is 0. The average molecular weight is 473 g/mol. The van der Waals surface area contributed by atoms with E-state index >= 15 is 0 Å². The van der Waals surface area contributed by atoms with Gasteiger partial charge in [-0.25, -0.2) is 8.42 Å². The van der Waals surface area contributed by atoms with Crippen LogP contribution in [0.15, 0.2) is 54.6 Å². The lowest BCUT2D eigenvalue weighted by Gasteiger charge is -2.23. The lowest BCUT2D eigenvalue weighted by molar-refractivity contribution is 0.111. The number of sulfonamides is 1. The topological polar surface area (TPSA) is 72.6 Å². The summed E-state index contributed by atoms with van der Waals surface area (Å²) in [6.07, 6.45) is 7.55. The van der Waals surface area contributed by atoms with Gasteiger partial charge in [-0.15, -0.1) is 0 Å². The molecule has 0 bridgehead atoms. The lowest BCUT2D eigenvalue weighted by atomic mass is 10.1. The van der Waals surface area contributed by atoms with E-state index in [1.54, 1.807) is 0 Å². The van der Waals surface area contributed by atoms with Crippen molar-refractivity contribution in [2.24, 2.45) is 17.6 Å². The van der Waals surface area contributed by atoms with Crippen LogP contribution in [0.25, 0.3) is 6.08 Å². The molecule has 0 amide bonds. The van der Waals surface area contributed by atoms with E-state index in [1.165, 1.54) is 22.5 Å². The summed E-state index contributed by atoms with van der Waals surface area (Å²) in [5.41, 5.74) is 9.71. The van der Waals surface area contributed by atoms with Crippen LogP contribution in [-0.2, 0) is 21.4 Å². The molecule has 182 valence electrons. The highest BCUT2D eigenvalue weighted by atomic mass is 32.2. The van der Waals surface area contributed by atoms with Gasteiger partial charge in [0.25, 0.3) is 0 Å². The van der Waals surface area contributed by atoms with Gasteiger partial charge in [0.1, 0.15) is 0 Å². The highest BCUT2D eigenvalue weighted by molar-refractivity contribution is 7.92. The number of hydrogen-bond acceptors (Lipinski definition) is 4. The van der Waals surface area contributed by atoms with Gasteiger partial charge in [-0.1, -0.05) is 61.9 Å². The fraction of sp³-hybridized carbons (Fsp3) is 0.481. The van der Waals surface area contributed by atoms with E-state index in [0.717, 1.165) is 23.5 Å². The fourth-order valence-electron chi connectivity index (χ4n) is 3.46. The van der Waals surface area contributed by atoms with E-state index < -0.39 is 10.0 Å². The third kappa shape index (κ3) is 10.1. The minimum absolute atomic E-state index is 0.0264. The first-order valence-electron chi connectivity index (χ1n) is 11.7. The molecule has 3 atom stereocenters. The van der Waals surface area contributed by atoms with Crippen LogP contribution in [0.1, 0.15) is 50.3 Å². The van der Waals surface area contributed by atoms with Crippen LogP contribution in [0.4, 0.5) is 5.69 Å². The highest BCUT2D eigenvalue weighted by Gasteiger charge is 2.29. The molecule has 0 radical (unpaired) electrons. The van der Waals surface area contributed by atoms with Crippen LogP contribution < -0.4 is 10.0 Å². The summed E-state index contributed by atoms with van der Waals surface area (Å²) in [7, 11) is -3.33. The second-order valence-electron chi connectivity index (χ2n) is 9.15. The SMILES string of the molecule is CCCN(c1cc(/C=C\C2CC2C)cc(COC[C@H](C)N)c1)S(C)(=O)=O.Cc1ccccc1. The van der Waals surface area contributed by atoms with E-state index in [2.05, 4.69) is 44.2 Å². The molecular weight excluding hydrogens is 432 g/mol. The number of rotatable bonds is 10. The molecule has 0 spiro atoms. The van der Waals surface area contributed by atoms with Gasteiger partial charge in [-0.05, 0) is 67.9 Å². The first-order chi connectivity index (χ1) is 15.6. The summed E-state index contributed by atoms with van der Waals surface area (Å²) in [4.78, 5) is 0. The van der Waals surface area contributed by atoms with Crippen molar-refractivity contribution in [3.8, 4) is 0 Å². The van der Waals surface area contributed by atoms with Crippen LogP contribution in [0.2, 0.25) is 0 Å². The molecule has 0 heterocycles. The summed E-state index contributed by atoms with van der Waals surface area (Å²) in [6.45, 7) is 9.55. The van der Waals surface area contributed by atoms with Gasteiger partial charge in [0, 0.05) is 12.6 Å². The smallest absolute Gasteiger partial charge is 0.232 e. The molecule has 0 aromatic heterocycles. The minimum atomic E-state index is -3.33. The van der Waals surface area contributed by atoms with Gasteiger partial charge in [-0.2, -0.15) is 0 Å². The third-order valence-corrected chi connectivity index (χ3v) is 6.61. The molecule has 6 heteroatoms. The Morgan fingerprint density at radius 2 is 1.88 bits per heavy atom. The maximum Gasteiger partial charge on any atom is 0.232 e. The molecule has 2 N–H and O–H groups in total. The predicted octanol–water partition coefficient (Wildman–Crippen LogP) is 5.39. The van der Waals surface area contributed by atoms with Crippen molar-refractivity contribution in [3.05, 3.63) is 71.3 Å². The number of nitrogens with zero attached hydrogens (tertiary/aromatic N) is 1. The maximum absolute atomic E-state index is 12.2. The molecule has 2 aromatic rings. The number of nitrogens with two attached hydrogens (primary N) is 1. The summed E-state index contributed by atoms with van der Waals surface area (Å²) < 4.78 is 31.6. The third-order valence-electron chi connectivity index (χ3n) is 5.41. The first-order valence-corrected chi connectivity index (χ1v) is 13.6. The summed E-state index contributed by atoms with van der Waals surface area (Å²) >= 11 is 0. The Hall–Kier alpha value is -2.15. The fourth-order valence-corrected chi connectivity index (χ4v) is 4.47. The molecule has 0 saturated heterocycles. The Morgan fingerprint density at radius 3 is 2.36 bits per heavy atom. The molecule has 2 aromatic carbocycles. The van der Waals surface area contributed by atoms with Gasteiger partial charge < -0.3 is 10.5 Å². The zero-order chi connectivity index (χ0) is 24.4. The number of hydrogen-bond donors (Lipinski definition) is 1. The molecule has 1 aliphatic carbocycles. The number of allylic oxidation sites excluding steroid dienone is 1. The molecule has 0 aliphatic heterocycles. The Labute approximate surface area is 200 Å². The van der Waals surface area contributed by atoms with Crippen molar-refractivity contribution in [3.63, 3.8) is 0 Å². The van der Waals surface area contributed by atoms with Crippen molar-refractivity contribution >= 4 is 21.8 Å². The van der Waals surface area contributed by atoms with Crippen molar-refractivity contribution in [1.82, 2.24) is 0 Å². The first kappa shape index (κ1) is 27.1. The summed E-state index contributed by atoms with van der Waals surface area (Å²) in [6, 6.07) is 16.1. The standard InChI is InChI=1S/C20H32N2O3S.C7H8/c1-5-8-22(26(4,23)24)20-11-17(6-7-19-9-15(19)2)10-18(12-20)14-25-13-16(3)21;1-7-5-3-2-4-6-7/h6-7,10-12,15-16,19H,5,8-9,13-14,21H2,1-4H3;2-6H,1H3/b7-6-;/t15?,16-,19?;/m0./s1. The predicted molar refractivity (Wildman–Crippen MR) is 140 cm³/mol. The van der Waals surface area contributed by atoms with Crippen LogP contribution in [0.5, 0.6) is 0 Å². The number of anilines is 1. The van der Waals surface area contributed by atoms with E-state index in [-0.39, 0.29) is 6.04 Å². The Morgan fingerprint density at radius 1 is 1.21 bits per heavy atom. The Balaban J connectivity index is 0.000000468. The van der Waals surface area contributed by atoms with Crippen molar-refractivity contribution in [2.75, 3.05) is 23.7 Å². The van der Waals surface area contributed by atoms with Crippen molar-refractivity contribution in [2.45, 2.75) is 53.2 Å². The van der Waals surface area contributed by atoms with Crippen LogP contribution >= 0.6 is 0 Å². The molecule has 1 saturated carbocycles. The van der Waals surface area contributed by atoms with Gasteiger partial charge in [0.2, 0.25) is 10.0 Å². The lowest BCUT2D eigenvalue weighted by Crippen LogP contribution is -2.30. The average Bonchev–Trinajstić information content (AvgIpc) is 3.45. The van der Waals surface area contributed by atoms with E-state index in [1.807, 2.05) is 44.2 Å². The molecule has 3 rings (SSSR count). The van der Waals surface area contributed by atoms with Crippen molar-refractivity contribution < 1.29 is 13.2 Å². The van der Waals surface area contributed by atoms with E-state index in [4.69, 9.17) is 10.5 Å². The maximum atomic E-state index is 12.2. The number of benzene rings is 2. The highest BCUT2D eigenvalue weighted by Crippen LogP contribution is 2.39. The van der Waals surface area contributed by atoms with E-state index in [0.29, 0.717) is 31.4 Å². The molecule has 1 fully saturated rings. The van der Waals surface area contributed by atoms with Gasteiger partial charge in [0.15, 0.2) is 0 Å². The zero-order valence-corrected chi connectivity index (χ0v) is 21.5.